The fourth-order valence-electron chi connectivity index (χ4n) is 5.93. The lowest BCUT2D eigenvalue weighted by Crippen LogP contribution is -2.40. The smallest absolute Gasteiger partial charge is 0.274 e. The molecule has 3 heterocycles. The molecule has 3 aromatic carbocycles. The van der Waals surface area contributed by atoms with E-state index in [0.29, 0.717) is 52.4 Å². The first-order valence-electron chi connectivity index (χ1n) is 14.3. The van der Waals surface area contributed by atoms with Gasteiger partial charge in [0.2, 0.25) is 10.0 Å². The van der Waals surface area contributed by atoms with Crippen molar-refractivity contribution in [3.05, 3.63) is 93.7 Å². The van der Waals surface area contributed by atoms with Gasteiger partial charge in [-0.2, -0.15) is 5.10 Å². The monoisotopic (exact) mass is 631 g/mol. The summed E-state index contributed by atoms with van der Waals surface area (Å²) in [7, 11) is -0.798. The maximum Gasteiger partial charge on any atom is 0.274 e. The minimum Gasteiger partial charge on any atom is -0.455 e. The number of nitrogens with one attached hydrogen (secondary N) is 2. The van der Waals surface area contributed by atoms with Gasteiger partial charge in [0.05, 0.1) is 22.9 Å². The van der Waals surface area contributed by atoms with Crippen molar-refractivity contribution < 1.29 is 26.8 Å². The molecule has 0 bridgehead atoms. The molecule has 0 aliphatic carbocycles. The number of halogens is 1. The third-order valence-electron chi connectivity index (χ3n) is 8.28. The number of hydrogen-bond donors (Lipinski definition) is 2. The summed E-state index contributed by atoms with van der Waals surface area (Å²) in [4.78, 5) is 41.0. The molecule has 1 aliphatic heterocycles. The molecule has 45 heavy (non-hydrogen) atoms. The summed E-state index contributed by atoms with van der Waals surface area (Å²) < 4.78 is 46.6. The number of H-pyrrole nitrogens is 1. The standard InChI is InChI=1S/C32H30FN5O6S/c1-34-31(40)27-24-15-23(25(37(2)45(3,42)43)16-26(24)44-29(27)18-10-12-20(33)13-11-18)19-7-6-14-38(17-19)32(41)28-21-8-4-5-9-22(21)30(39)36-35-28/h4-5,8-13,15-16,19H,6-7,14,17H2,1-3H3,(H,34,40)(H,36,39)/t19-/m0/s1. The van der Waals surface area contributed by atoms with Crippen molar-refractivity contribution in [1.29, 1.82) is 0 Å². The fourth-order valence-corrected chi connectivity index (χ4v) is 6.44. The highest BCUT2D eigenvalue weighted by Gasteiger charge is 2.32. The van der Waals surface area contributed by atoms with E-state index in [-0.39, 0.29) is 41.0 Å². The second-order valence-corrected chi connectivity index (χ2v) is 13.1. The minimum absolute atomic E-state index is 0.121. The van der Waals surface area contributed by atoms with Crippen molar-refractivity contribution in [1.82, 2.24) is 20.4 Å². The van der Waals surface area contributed by atoms with E-state index in [1.54, 1.807) is 41.3 Å². The number of furan rings is 1. The number of rotatable bonds is 6. The van der Waals surface area contributed by atoms with Crippen molar-refractivity contribution in [2.24, 2.45) is 0 Å². The zero-order chi connectivity index (χ0) is 32.0. The van der Waals surface area contributed by atoms with Crippen molar-refractivity contribution in [3.63, 3.8) is 0 Å². The van der Waals surface area contributed by atoms with Crippen LogP contribution in [0, 0.1) is 5.82 Å². The highest BCUT2D eigenvalue weighted by Crippen LogP contribution is 2.42. The van der Waals surface area contributed by atoms with E-state index in [2.05, 4.69) is 15.5 Å². The number of nitrogens with zero attached hydrogens (tertiary/aromatic N) is 3. The van der Waals surface area contributed by atoms with Crippen molar-refractivity contribution >= 4 is 49.3 Å². The van der Waals surface area contributed by atoms with Gasteiger partial charge in [-0.25, -0.2) is 17.9 Å². The Hall–Kier alpha value is -5.04. The van der Waals surface area contributed by atoms with Crippen LogP contribution in [0.25, 0.3) is 33.1 Å². The van der Waals surface area contributed by atoms with Crippen LogP contribution in [0.2, 0.25) is 0 Å². The highest BCUT2D eigenvalue weighted by molar-refractivity contribution is 7.92. The maximum absolute atomic E-state index is 13.8. The molecule has 2 N–H and O–H groups in total. The van der Waals surface area contributed by atoms with Crippen molar-refractivity contribution in [3.8, 4) is 11.3 Å². The largest absolute Gasteiger partial charge is 0.455 e. The molecular weight excluding hydrogens is 601 g/mol. The molecule has 2 aromatic heterocycles. The molecule has 2 amide bonds. The fraction of sp³-hybridized carbons (Fsp3) is 0.250. The Bertz CT molecular complexity index is 2140. The molecule has 6 rings (SSSR count). The Morgan fingerprint density at radius 1 is 1.09 bits per heavy atom. The van der Waals surface area contributed by atoms with Crippen LogP contribution in [0.1, 0.15) is 45.2 Å². The second kappa shape index (κ2) is 11.5. The second-order valence-electron chi connectivity index (χ2n) is 11.1. The van der Waals surface area contributed by atoms with E-state index < -0.39 is 27.3 Å². The van der Waals surface area contributed by atoms with Crippen LogP contribution in [0.5, 0.6) is 0 Å². The molecule has 5 aromatic rings. The lowest BCUT2D eigenvalue weighted by Gasteiger charge is -2.34. The third-order valence-corrected chi connectivity index (χ3v) is 9.47. The number of sulfonamides is 1. The summed E-state index contributed by atoms with van der Waals surface area (Å²) in [5.74, 6) is -1.34. The molecule has 0 unspecified atom stereocenters. The number of anilines is 1. The van der Waals surface area contributed by atoms with Gasteiger partial charge in [0, 0.05) is 55.5 Å². The van der Waals surface area contributed by atoms with Crippen LogP contribution in [-0.2, 0) is 10.0 Å². The molecule has 1 fully saturated rings. The van der Waals surface area contributed by atoms with Crippen LogP contribution in [0.4, 0.5) is 10.1 Å². The van der Waals surface area contributed by atoms with Crippen LogP contribution in [0.15, 0.2) is 69.9 Å². The Balaban J connectivity index is 1.48. The lowest BCUT2D eigenvalue weighted by molar-refractivity contribution is 0.0702. The van der Waals surface area contributed by atoms with Gasteiger partial charge in [-0.05, 0) is 54.8 Å². The average Bonchev–Trinajstić information content (AvgIpc) is 3.42. The number of likely N-dealkylation sites (tertiary alicyclic amines) is 1. The summed E-state index contributed by atoms with van der Waals surface area (Å²) in [5.41, 5.74) is 1.66. The number of fused-ring (bicyclic) bond motifs is 2. The quantitative estimate of drug-likeness (QED) is 0.285. The molecule has 1 aliphatic rings. The summed E-state index contributed by atoms with van der Waals surface area (Å²) in [6.07, 6.45) is 2.34. The summed E-state index contributed by atoms with van der Waals surface area (Å²) in [5, 5.41) is 10.4. The maximum atomic E-state index is 13.8. The van der Waals surface area contributed by atoms with Gasteiger partial charge in [-0.1, -0.05) is 18.2 Å². The number of carbonyl (C=O) groups excluding carboxylic acids is 2. The molecule has 0 spiro atoms. The van der Waals surface area contributed by atoms with E-state index in [0.717, 1.165) is 10.6 Å². The summed E-state index contributed by atoms with van der Waals surface area (Å²) in [6.45, 7) is 0.677. The SMILES string of the molecule is CNC(=O)c1c(-c2ccc(F)cc2)oc2cc(N(C)S(C)(=O)=O)c([C@H]3CCCN(C(=O)c4n[nH]c(=O)c5ccccc45)C3)cc12. The van der Waals surface area contributed by atoms with Gasteiger partial charge in [-0.15, -0.1) is 0 Å². The molecule has 11 nitrogen and oxygen atoms in total. The Labute approximate surface area is 257 Å². The number of benzene rings is 3. The van der Waals surface area contributed by atoms with Crippen LogP contribution in [-0.4, -0.2) is 68.8 Å². The Morgan fingerprint density at radius 2 is 1.80 bits per heavy atom. The predicted molar refractivity (Wildman–Crippen MR) is 168 cm³/mol. The number of carbonyl (C=O) groups is 2. The predicted octanol–water partition coefficient (Wildman–Crippen LogP) is 4.25. The van der Waals surface area contributed by atoms with E-state index in [1.807, 2.05) is 0 Å². The van der Waals surface area contributed by atoms with Crippen molar-refractivity contribution in [2.45, 2.75) is 18.8 Å². The van der Waals surface area contributed by atoms with Gasteiger partial charge in [0.1, 0.15) is 17.2 Å². The van der Waals surface area contributed by atoms with Gasteiger partial charge in [0.15, 0.2) is 5.69 Å². The van der Waals surface area contributed by atoms with Crippen molar-refractivity contribution in [2.75, 3.05) is 37.7 Å². The number of aromatic nitrogens is 2. The first kappa shape index (κ1) is 30.0. The van der Waals surface area contributed by atoms with E-state index in [4.69, 9.17) is 4.42 Å². The zero-order valence-corrected chi connectivity index (χ0v) is 25.6. The topological polar surface area (TPSA) is 146 Å². The van der Waals surface area contributed by atoms with Crippen LogP contribution < -0.4 is 15.2 Å². The first-order valence-corrected chi connectivity index (χ1v) is 16.1. The van der Waals surface area contributed by atoms with Gasteiger partial charge < -0.3 is 14.6 Å². The zero-order valence-electron chi connectivity index (χ0n) is 24.8. The van der Waals surface area contributed by atoms with Gasteiger partial charge in [-0.3, -0.25) is 18.7 Å². The lowest BCUT2D eigenvalue weighted by atomic mass is 9.87. The Morgan fingerprint density at radius 3 is 2.49 bits per heavy atom. The number of hydrogen-bond acceptors (Lipinski definition) is 7. The minimum atomic E-state index is -3.72. The highest BCUT2D eigenvalue weighted by atomic mass is 32.2. The Kier molecular flexibility index (Phi) is 7.65. The van der Waals surface area contributed by atoms with Gasteiger partial charge >= 0.3 is 0 Å². The molecule has 0 saturated carbocycles. The first-order chi connectivity index (χ1) is 21.5. The number of aromatic amines is 1. The number of piperidine rings is 1. The van der Waals surface area contributed by atoms with Gasteiger partial charge in [0.25, 0.3) is 17.4 Å². The van der Waals surface area contributed by atoms with Crippen LogP contribution in [0.3, 0.4) is 0 Å². The molecule has 232 valence electrons. The number of amides is 2. The molecular formula is C32H30FN5O6S. The third kappa shape index (κ3) is 5.43. The van der Waals surface area contributed by atoms with E-state index >= 15 is 0 Å². The van der Waals surface area contributed by atoms with Crippen LogP contribution >= 0.6 is 0 Å². The van der Waals surface area contributed by atoms with E-state index in [1.165, 1.54) is 38.4 Å². The average molecular weight is 632 g/mol. The molecule has 1 saturated heterocycles. The molecule has 13 heteroatoms. The molecule has 1 atom stereocenters. The van der Waals surface area contributed by atoms with E-state index in [9.17, 15) is 27.2 Å². The molecule has 0 radical (unpaired) electrons. The normalized spacial score (nSPS) is 15.4. The summed E-state index contributed by atoms with van der Waals surface area (Å²) >= 11 is 0. The summed E-state index contributed by atoms with van der Waals surface area (Å²) in [6, 6.07) is 15.6.